The fraction of sp³-hybridized carbons (Fsp3) is 0.100. The van der Waals surface area contributed by atoms with E-state index >= 15 is 0 Å². The van der Waals surface area contributed by atoms with Gasteiger partial charge in [0.15, 0.2) is 0 Å². The van der Waals surface area contributed by atoms with Crippen LogP contribution in [-0.2, 0) is 0 Å². The molecule has 0 aliphatic heterocycles. The number of carbonyl (C=O) groups is 1. The van der Waals surface area contributed by atoms with Crippen molar-refractivity contribution in [1.29, 1.82) is 0 Å². The lowest BCUT2D eigenvalue weighted by Gasteiger charge is -1.97. The van der Waals surface area contributed by atoms with Gasteiger partial charge in [0.1, 0.15) is 4.88 Å². The van der Waals surface area contributed by atoms with E-state index in [-0.39, 0.29) is 0 Å². The number of carboxylic acid groups (broad SMARTS) is 1. The fourth-order valence-electron chi connectivity index (χ4n) is 1.11. The molecule has 0 bridgehead atoms. The number of thiophene rings is 1. The van der Waals surface area contributed by atoms with Gasteiger partial charge in [-0.3, -0.25) is 5.43 Å². The highest BCUT2D eigenvalue weighted by molar-refractivity contribution is 7.16. The van der Waals surface area contributed by atoms with Crippen LogP contribution in [0.3, 0.4) is 0 Å². The van der Waals surface area contributed by atoms with Gasteiger partial charge < -0.3 is 5.11 Å². The number of carboxylic acids is 1. The third-order valence-electron chi connectivity index (χ3n) is 1.92. The van der Waals surface area contributed by atoms with E-state index in [1.54, 1.807) is 18.3 Å². The van der Waals surface area contributed by atoms with Gasteiger partial charge in [0, 0.05) is 11.6 Å². The van der Waals surface area contributed by atoms with E-state index in [4.69, 9.17) is 5.11 Å². The molecule has 0 amide bonds. The predicted molar refractivity (Wildman–Crippen MR) is 69.2 cm³/mol. The normalized spacial score (nSPS) is 11.5. The minimum Gasteiger partial charge on any atom is -0.477 e. The van der Waals surface area contributed by atoms with Crippen LogP contribution in [0.25, 0.3) is 0 Å². The fourth-order valence-corrected chi connectivity index (χ4v) is 2.37. The minimum absolute atomic E-state index is 0.309. The van der Waals surface area contributed by atoms with Gasteiger partial charge in [0.25, 0.3) is 0 Å². The molecule has 0 spiro atoms. The molecule has 0 aliphatic rings. The topological polar surface area (TPSA) is 74.6 Å². The summed E-state index contributed by atoms with van der Waals surface area (Å²) < 4.78 is 0. The Morgan fingerprint density at radius 2 is 2.24 bits per heavy atom. The van der Waals surface area contributed by atoms with Gasteiger partial charge in [-0.2, -0.15) is 5.10 Å². The highest BCUT2D eigenvalue weighted by atomic mass is 32.1. The standard InChI is InChI=1S/C10H9N3O2S2/c1-6(12-13-10-11-4-5-16-10)7-2-3-8(17-7)9(14)15/h2-5H,1H3,(H,11,13)(H,14,15)/b12-6+. The molecule has 0 fully saturated rings. The van der Waals surface area contributed by atoms with Crippen LogP contribution in [0.2, 0.25) is 0 Å². The molecule has 2 aromatic rings. The summed E-state index contributed by atoms with van der Waals surface area (Å²) in [5, 5.41) is 15.5. The number of rotatable bonds is 4. The number of aromatic nitrogens is 1. The number of thiazole rings is 1. The number of hydrogen-bond donors (Lipinski definition) is 2. The number of nitrogens with one attached hydrogen (secondary N) is 1. The number of hydrogen-bond acceptors (Lipinski definition) is 6. The zero-order valence-electron chi connectivity index (χ0n) is 8.88. The number of nitrogens with zero attached hydrogens (tertiary/aromatic N) is 2. The summed E-state index contributed by atoms with van der Waals surface area (Å²) in [6.45, 7) is 1.82. The first-order valence-electron chi connectivity index (χ1n) is 4.70. The van der Waals surface area contributed by atoms with Crippen molar-refractivity contribution >= 4 is 39.5 Å². The lowest BCUT2D eigenvalue weighted by Crippen LogP contribution is -1.97. The smallest absolute Gasteiger partial charge is 0.345 e. The zero-order chi connectivity index (χ0) is 12.3. The van der Waals surface area contributed by atoms with E-state index in [9.17, 15) is 4.79 Å². The van der Waals surface area contributed by atoms with Crippen LogP contribution in [0.15, 0.2) is 28.8 Å². The Hall–Kier alpha value is -1.73. The summed E-state index contributed by atoms with van der Waals surface area (Å²) in [4.78, 5) is 15.9. The number of aromatic carboxylic acids is 1. The van der Waals surface area contributed by atoms with Crippen molar-refractivity contribution in [3.8, 4) is 0 Å². The lowest BCUT2D eigenvalue weighted by molar-refractivity contribution is 0.0702. The van der Waals surface area contributed by atoms with E-state index < -0.39 is 5.97 Å². The van der Waals surface area contributed by atoms with Crippen LogP contribution >= 0.6 is 22.7 Å². The Morgan fingerprint density at radius 3 is 2.82 bits per heavy atom. The molecule has 7 heteroatoms. The van der Waals surface area contributed by atoms with Crippen LogP contribution in [0.5, 0.6) is 0 Å². The second kappa shape index (κ2) is 5.07. The van der Waals surface area contributed by atoms with Gasteiger partial charge in [0.2, 0.25) is 5.13 Å². The van der Waals surface area contributed by atoms with Gasteiger partial charge in [-0.25, -0.2) is 9.78 Å². The van der Waals surface area contributed by atoms with E-state index in [0.29, 0.717) is 10.0 Å². The quantitative estimate of drug-likeness (QED) is 0.659. The molecule has 2 rings (SSSR count). The summed E-state index contributed by atoms with van der Waals surface area (Å²) in [5.74, 6) is -0.915. The van der Waals surface area contributed by atoms with E-state index in [2.05, 4.69) is 15.5 Å². The molecule has 2 heterocycles. The van der Waals surface area contributed by atoms with Crippen LogP contribution in [0.1, 0.15) is 21.5 Å². The third-order valence-corrected chi connectivity index (χ3v) is 3.78. The largest absolute Gasteiger partial charge is 0.477 e. The molecule has 2 aromatic heterocycles. The van der Waals surface area contributed by atoms with Crippen LogP contribution in [0.4, 0.5) is 5.13 Å². The molecule has 5 nitrogen and oxygen atoms in total. The Kier molecular flexibility index (Phi) is 3.50. The van der Waals surface area contributed by atoms with Crippen LogP contribution in [0, 0.1) is 0 Å². The summed E-state index contributed by atoms with van der Waals surface area (Å²) >= 11 is 2.65. The molecule has 2 N–H and O–H groups in total. The van der Waals surface area contributed by atoms with Gasteiger partial charge >= 0.3 is 5.97 Å². The van der Waals surface area contributed by atoms with Crippen LogP contribution < -0.4 is 5.43 Å². The molecule has 0 radical (unpaired) electrons. The SMILES string of the molecule is C/C(=N\Nc1nccs1)c1ccc(C(=O)O)s1. The van der Waals surface area contributed by atoms with Crippen molar-refractivity contribution < 1.29 is 9.90 Å². The Morgan fingerprint density at radius 1 is 1.47 bits per heavy atom. The number of anilines is 1. The Bertz CT molecular complexity index is 546. The van der Waals surface area contributed by atoms with Crippen molar-refractivity contribution in [2.75, 3.05) is 5.43 Å². The third kappa shape index (κ3) is 2.89. The van der Waals surface area contributed by atoms with E-state index in [1.165, 1.54) is 22.7 Å². The first-order valence-corrected chi connectivity index (χ1v) is 6.39. The zero-order valence-corrected chi connectivity index (χ0v) is 10.5. The maximum atomic E-state index is 10.7. The van der Waals surface area contributed by atoms with Crippen molar-refractivity contribution in [2.45, 2.75) is 6.92 Å². The molecule has 17 heavy (non-hydrogen) atoms. The van der Waals surface area contributed by atoms with Gasteiger partial charge in [-0.15, -0.1) is 22.7 Å². The van der Waals surface area contributed by atoms with Crippen LogP contribution in [-0.4, -0.2) is 21.8 Å². The monoisotopic (exact) mass is 267 g/mol. The van der Waals surface area contributed by atoms with E-state index in [1.807, 2.05) is 12.3 Å². The lowest BCUT2D eigenvalue weighted by atomic mass is 10.3. The number of hydrazone groups is 1. The van der Waals surface area contributed by atoms with Crippen molar-refractivity contribution in [2.24, 2.45) is 5.10 Å². The van der Waals surface area contributed by atoms with Crippen molar-refractivity contribution in [1.82, 2.24) is 4.98 Å². The molecule has 0 aromatic carbocycles. The van der Waals surface area contributed by atoms with Gasteiger partial charge in [0.05, 0.1) is 10.6 Å². The summed E-state index contributed by atoms with van der Waals surface area (Å²) in [6.07, 6.45) is 1.69. The van der Waals surface area contributed by atoms with Gasteiger partial charge in [-0.1, -0.05) is 0 Å². The highest BCUT2D eigenvalue weighted by Crippen LogP contribution is 2.18. The molecule has 0 atom stereocenters. The summed E-state index contributed by atoms with van der Waals surface area (Å²) in [6, 6.07) is 3.32. The molecular formula is C10H9N3O2S2. The second-order valence-corrected chi connectivity index (χ2v) is 5.09. The first kappa shape index (κ1) is 11.7. The average Bonchev–Trinajstić information content (AvgIpc) is 2.96. The maximum absolute atomic E-state index is 10.7. The molecular weight excluding hydrogens is 258 g/mol. The molecule has 88 valence electrons. The summed E-state index contributed by atoms with van der Waals surface area (Å²) in [5.41, 5.74) is 3.55. The second-order valence-electron chi connectivity index (χ2n) is 3.12. The Labute approximate surface area is 105 Å². The minimum atomic E-state index is -0.915. The summed E-state index contributed by atoms with van der Waals surface area (Å²) in [7, 11) is 0. The first-order chi connectivity index (χ1) is 8.16. The van der Waals surface area contributed by atoms with Crippen molar-refractivity contribution in [3.63, 3.8) is 0 Å². The average molecular weight is 267 g/mol. The van der Waals surface area contributed by atoms with E-state index in [0.717, 1.165) is 10.6 Å². The predicted octanol–water partition coefficient (Wildman–Crippen LogP) is 2.74. The maximum Gasteiger partial charge on any atom is 0.345 e. The van der Waals surface area contributed by atoms with Crippen molar-refractivity contribution in [3.05, 3.63) is 33.5 Å². The molecule has 0 saturated carbocycles. The molecule has 0 unspecified atom stereocenters. The van der Waals surface area contributed by atoms with Gasteiger partial charge in [-0.05, 0) is 19.1 Å². The molecule has 0 saturated heterocycles. The Balaban J connectivity index is 2.10. The highest BCUT2D eigenvalue weighted by Gasteiger charge is 2.08. The molecule has 0 aliphatic carbocycles.